The molecule has 1 saturated heterocycles. The van der Waals surface area contributed by atoms with Gasteiger partial charge in [0.25, 0.3) is 0 Å². The Balaban J connectivity index is 2.03. The second-order valence-corrected chi connectivity index (χ2v) is 5.25. The molecule has 0 radical (unpaired) electrons. The van der Waals surface area contributed by atoms with Crippen LogP contribution in [0.25, 0.3) is 0 Å². The number of nitrogens with one attached hydrogen (secondary N) is 1. The number of likely N-dealkylation sites (tertiary alicyclic amines) is 1. The maximum atomic E-state index is 11.7. The molecular weight excluding hydrogens is 236 g/mol. The Bertz CT molecular complexity index is 385. The predicted molar refractivity (Wildman–Crippen MR) is 77.9 cm³/mol. The molecule has 0 bridgehead atoms. The van der Waals surface area contributed by atoms with Crippen LogP contribution >= 0.6 is 0 Å². The summed E-state index contributed by atoms with van der Waals surface area (Å²) in [5.41, 5.74) is 1.20. The van der Waals surface area contributed by atoms with E-state index < -0.39 is 0 Å². The average Bonchev–Trinajstić information content (AvgIpc) is 2.48. The molecule has 1 amide bonds. The maximum Gasteiger partial charge on any atom is 0.220 e. The molecule has 1 aliphatic rings. The number of benzene rings is 1. The molecule has 3 nitrogen and oxygen atoms in total. The Hall–Kier alpha value is -1.35. The molecule has 1 fully saturated rings. The molecule has 19 heavy (non-hydrogen) atoms. The van der Waals surface area contributed by atoms with Gasteiger partial charge in [-0.15, -0.1) is 0 Å². The summed E-state index contributed by atoms with van der Waals surface area (Å²) in [6.45, 7) is 5.14. The number of carbonyl (C=O) groups is 1. The summed E-state index contributed by atoms with van der Waals surface area (Å²) in [6, 6.07) is 10.4. The van der Waals surface area contributed by atoms with Crippen molar-refractivity contribution >= 4 is 5.91 Å². The lowest BCUT2D eigenvalue weighted by atomic mass is 10.0. The molecule has 1 aromatic rings. The van der Waals surface area contributed by atoms with Gasteiger partial charge in [-0.1, -0.05) is 43.7 Å². The number of nitrogens with zero attached hydrogens (tertiary/aromatic N) is 1. The van der Waals surface area contributed by atoms with Gasteiger partial charge < -0.3 is 10.2 Å². The lowest BCUT2D eigenvalue weighted by molar-refractivity contribution is -0.121. The minimum absolute atomic E-state index is 0.117. The van der Waals surface area contributed by atoms with Gasteiger partial charge >= 0.3 is 0 Å². The van der Waals surface area contributed by atoms with E-state index in [1.807, 2.05) is 25.1 Å². The Morgan fingerprint density at radius 3 is 2.53 bits per heavy atom. The Morgan fingerprint density at radius 1 is 1.21 bits per heavy atom. The standard InChI is InChI=1S/C16H24N2O/c1-2-16(19)17-15(14-9-5-3-6-10-14)13-18-11-7-4-8-12-18/h3,5-6,9-10,15H,2,4,7-8,11-13H2,1H3,(H,17,19)/t15-/m1/s1. The van der Waals surface area contributed by atoms with E-state index in [1.165, 1.54) is 24.8 Å². The molecule has 1 atom stereocenters. The van der Waals surface area contributed by atoms with Crippen LogP contribution < -0.4 is 5.32 Å². The first-order valence-corrected chi connectivity index (χ1v) is 7.36. The van der Waals surface area contributed by atoms with E-state index in [1.54, 1.807) is 0 Å². The fourth-order valence-electron chi connectivity index (χ4n) is 2.62. The second-order valence-electron chi connectivity index (χ2n) is 5.25. The smallest absolute Gasteiger partial charge is 0.220 e. The van der Waals surface area contributed by atoms with Crippen LogP contribution in [0, 0.1) is 0 Å². The molecule has 0 aromatic heterocycles. The van der Waals surface area contributed by atoms with Crippen molar-refractivity contribution in [1.29, 1.82) is 0 Å². The van der Waals surface area contributed by atoms with Gasteiger partial charge in [0.2, 0.25) is 5.91 Å². The number of rotatable bonds is 5. The largest absolute Gasteiger partial charge is 0.348 e. The first-order chi connectivity index (χ1) is 9.29. The molecule has 1 heterocycles. The zero-order valence-corrected chi connectivity index (χ0v) is 11.8. The normalized spacial score (nSPS) is 17.9. The van der Waals surface area contributed by atoms with E-state index in [-0.39, 0.29) is 11.9 Å². The summed E-state index contributed by atoms with van der Waals surface area (Å²) in [6.07, 6.45) is 4.45. The highest BCUT2D eigenvalue weighted by Gasteiger charge is 2.19. The van der Waals surface area contributed by atoms with Gasteiger partial charge in [0.15, 0.2) is 0 Å². The van der Waals surface area contributed by atoms with Crippen molar-refractivity contribution in [2.45, 2.75) is 38.6 Å². The molecule has 0 unspecified atom stereocenters. The number of carbonyl (C=O) groups excluding carboxylic acids is 1. The zero-order valence-electron chi connectivity index (χ0n) is 11.8. The summed E-state index contributed by atoms with van der Waals surface area (Å²) in [5.74, 6) is 0.130. The van der Waals surface area contributed by atoms with Gasteiger partial charge in [-0.2, -0.15) is 0 Å². The van der Waals surface area contributed by atoms with Crippen LogP contribution in [0.5, 0.6) is 0 Å². The van der Waals surface area contributed by atoms with E-state index in [0.29, 0.717) is 6.42 Å². The molecule has 0 saturated carbocycles. The maximum absolute atomic E-state index is 11.7. The second kappa shape index (κ2) is 7.29. The summed E-state index contributed by atoms with van der Waals surface area (Å²) in [5, 5.41) is 3.15. The fourth-order valence-corrected chi connectivity index (χ4v) is 2.62. The summed E-state index contributed by atoms with van der Waals surface area (Å²) in [4.78, 5) is 14.2. The van der Waals surface area contributed by atoms with Crippen LogP contribution in [-0.2, 0) is 4.79 Å². The SMILES string of the molecule is CCC(=O)N[C@H](CN1CCCCC1)c1ccccc1. The molecule has 0 spiro atoms. The molecule has 0 aliphatic carbocycles. The Labute approximate surface area is 116 Å². The molecule has 1 N–H and O–H groups in total. The molecular formula is C16H24N2O. The lowest BCUT2D eigenvalue weighted by Gasteiger charge is -2.31. The van der Waals surface area contributed by atoms with E-state index in [2.05, 4.69) is 22.3 Å². The third-order valence-electron chi connectivity index (χ3n) is 3.75. The van der Waals surface area contributed by atoms with Crippen LogP contribution in [0.15, 0.2) is 30.3 Å². The molecule has 3 heteroatoms. The highest BCUT2D eigenvalue weighted by molar-refractivity contribution is 5.76. The highest BCUT2D eigenvalue weighted by atomic mass is 16.1. The number of amides is 1. The molecule has 104 valence electrons. The minimum atomic E-state index is 0.117. The van der Waals surface area contributed by atoms with Crippen LogP contribution in [-0.4, -0.2) is 30.4 Å². The van der Waals surface area contributed by atoms with Crippen LogP contribution in [0.1, 0.15) is 44.2 Å². The third kappa shape index (κ3) is 4.35. The minimum Gasteiger partial charge on any atom is -0.348 e. The van der Waals surface area contributed by atoms with E-state index in [4.69, 9.17) is 0 Å². The van der Waals surface area contributed by atoms with Crippen LogP contribution in [0.2, 0.25) is 0 Å². The van der Waals surface area contributed by atoms with E-state index >= 15 is 0 Å². The van der Waals surface area contributed by atoms with Crippen molar-refractivity contribution in [3.63, 3.8) is 0 Å². The van der Waals surface area contributed by atoms with Crippen molar-refractivity contribution < 1.29 is 4.79 Å². The van der Waals surface area contributed by atoms with Gasteiger partial charge in [-0.3, -0.25) is 4.79 Å². The Morgan fingerprint density at radius 2 is 1.89 bits per heavy atom. The van der Waals surface area contributed by atoms with Gasteiger partial charge in [0.05, 0.1) is 6.04 Å². The van der Waals surface area contributed by atoms with Gasteiger partial charge in [0, 0.05) is 13.0 Å². The quantitative estimate of drug-likeness (QED) is 0.883. The number of hydrogen-bond acceptors (Lipinski definition) is 2. The molecule has 2 rings (SSSR count). The first-order valence-electron chi connectivity index (χ1n) is 7.36. The van der Waals surface area contributed by atoms with Crippen molar-refractivity contribution in [2.24, 2.45) is 0 Å². The monoisotopic (exact) mass is 260 g/mol. The summed E-state index contributed by atoms with van der Waals surface area (Å²) in [7, 11) is 0. The number of piperidine rings is 1. The van der Waals surface area contributed by atoms with E-state index in [0.717, 1.165) is 19.6 Å². The van der Waals surface area contributed by atoms with Crippen LogP contribution in [0.4, 0.5) is 0 Å². The van der Waals surface area contributed by atoms with E-state index in [9.17, 15) is 4.79 Å². The highest BCUT2D eigenvalue weighted by Crippen LogP contribution is 2.17. The fraction of sp³-hybridized carbons (Fsp3) is 0.562. The van der Waals surface area contributed by atoms with Crippen LogP contribution in [0.3, 0.4) is 0 Å². The van der Waals surface area contributed by atoms with Gasteiger partial charge in [0.1, 0.15) is 0 Å². The summed E-state index contributed by atoms with van der Waals surface area (Å²) >= 11 is 0. The predicted octanol–water partition coefficient (Wildman–Crippen LogP) is 2.74. The zero-order chi connectivity index (χ0) is 13.5. The molecule has 1 aliphatic heterocycles. The van der Waals surface area contributed by atoms with Crippen molar-refractivity contribution in [2.75, 3.05) is 19.6 Å². The third-order valence-corrected chi connectivity index (χ3v) is 3.75. The summed E-state index contributed by atoms with van der Waals surface area (Å²) < 4.78 is 0. The number of hydrogen-bond donors (Lipinski definition) is 1. The average molecular weight is 260 g/mol. The Kier molecular flexibility index (Phi) is 5.40. The first kappa shape index (κ1) is 14.1. The van der Waals surface area contributed by atoms with Crippen molar-refractivity contribution in [1.82, 2.24) is 10.2 Å². The van der Waals surface area contributed by atoms with Gasteiger partial charge in [-0.25, -0.2) is 0 Å². The van der Waals surface area contributed by atoms with Gasteiger partial charge in [-0.05, 0) is 31.5 Å². The van der Waals surface area contributed by atoms with Crippen molar-refractivity contribution in [3.8, 4) is 0 Å². The van der Waals surface area contributed by atoms with Crippen molar-refractivity contribution in [3.05, 3.63) is 35.9 Å². The topological polar surface area (TPSA) is 32.3 Å². The molecule has 1 aromatic carbocycles. The lowest BCUT2D eigenvalue weighted by Crippen LogP contribution is -2.40.